The molecule has 2 saturated heterocycles. The van der Waals surface area contributed by atoms with Crippen LogP contribution in [0.1, 0.15) is 77.5 Å². The minimum atomic E-state index is -2.84. The van der Waals surface area contributed by atoms with Crippen LogP contribution >= 0.6 is 0 Å². The van der Waals surface area contributed by atoms with E-state index in [2.05, 4.69) is 50.2 Å². The van der Waals surface area contributed by atoms with Gasteiger partial charge in [0.05, 0.1) is 17.5 Å². The van der Waals surface area contributed by atoms with E-state index < -0.39 is 13.9 Å². The molecule has 46 heavy (non-hydrogen) atoms. The molecule has 11 heteroatoms. The van der Waals surface area contributed by atoms with Crippen LogP contribution in [-0.4, -0.2) is 70.8 Å². The Morgan fingerprint density at radius 2 is 1.96 bits per heavy atom. The van der Waals surface area contributed by atoms with Gasteiger partial charge in [-0.3, -0.25) is 14.3 Å². The van der Waals surface area contributed by atoms with Crippen LogP contribution in [0, 0.1) is 5.92 Å². The van der Waals surface area contributed by atoms with E-state index in [1.807, 2.05) is 47.3 Å². The van der Waals surface area contributed by atoms with E-state index >= 15 is 0 Å². The fourth-order valence-electron chi connectivity index (χ4n) is 7.64. The molecule has 3 aliphatic rings. The summed E-state index contributed by atoms with van der Waals surface area (Å²) in [4.78, 5) is 43.1. The van der Waals surface area contributed by atoms with Crippen molar-refractivity contribution in [2.45, 2.75) is 110 Å². The van der Waals surface area contributed by atoms with Gasteiger partial charge in [0.2, 0.25) is 5.91 Å². The average molecular weight is 650 g/mol. The zero-order chi connectivity index (χ0) is 33.2. The number of benzene rings is 1. The SMILES string of the molecule is CC(C)=CCC/C(C)=C/CN1C(=O)[C@]2(O[C@H](CCn3cc(CCO)nn3)[C@@H]([Si](C)(C)O)[C@@H]2C)c2cc(N3CCCCC3=O)ccc21. The number of aliphatic hydroxyl groups is 1. The number of ether oxygens (including phenoxy) is 1. The summed E-state index contributed by atoms with van der Waals surface area (Å²) in [5, 5.41) is 17.7. The molecule has 2 fully saturated rings. The molecule has 0 unspecified atom stereocenters. The number of aliphatic hydroxyl groups excluding tert-OH is 1. The summed E-state index contributed by atoms with van der Waals surface area (Å²) < 4.78 is 8.77. The molecule has 0 saturated carbocycles. The molecule has 0 bridgehead atoms. The smallest absolute Gasteiger partial charge is 0.264 e. The van der Waals surface area contributed by atoms with Crippen LogP contribution < -0.4 is 9.80 Å². The molecule has 2 N–H and O–H groups in total. The Bertz CT molecular complexity index is 1490. The van der Waals surface area contributed by atoms with Crippen LogP contribution in [-0.2, 0) is 32.9 Å². The van der Waals surface area contributed by atoms with E-state index in [0.29, 0.717) is 44.6 Å². The number of carbonyl (C=O) groups excluding carboxylic acids is 2. The van der Waals surface area contributed by atoms with Gasteiger partial charge in [-0.1, -0.05) is 35.4 Å². The molecule has 0 radical (unpaired) electrons. The van der Waals surface area contributed by atoms with E-state index in [1.54, 1.807) is 4.68 Å². The van der Waals surface area contributed by atoms with Crippen molar-refractivity contribution in [3.05, 3.63) is 59.0 Å². The summed E-state index contributed by atoms with van der Waals surface area (Å²) in [7, 11) is -2.84. The van der Waals surface area contributed by atoms with Crippen LogP contribution in [0.3, 0.4) is 0 Å². The number of hydrogen-bond acceptors (Lipinski definition) is 7. The highest BCUT2D eigenvalue weighted by Gasteiger charge is 2.66. The molecule has 250 valence electrons. The quantitative estimate of drug-likeness (QED) is 0.238. The van der Waals surface area contributed by atoms with Crippen LogP contribution in [0.15, 0.2) is 47.7 Å². The van der Waals surface area contributed by atoms with Gasteiger partial charge in [0, 0.05) is 68.0 Å². The summed E-state index contributed by atoms with van der Waals surface area (Å²) in [5.74, 6) is -0.303. The van der Waals surface area contributed by atoms with Crippen molar-refractivity contribution in [1.82, 2.24) is 15.0 Å². The molecule has 4 atom stereocenters. The van der Waals surface area contributed by atoms with Gasteiger partial charge in [0.1, 0.15) is 0 Å². The van der Waals surface area contributed by atoms with Crippen molar-refractivity contribution in [2.75, 3.05) is 29.5 Å². The number of carbonyl (C=O) groups is 2. The molecule has 0 aliphatic carbocycles. The third-order valence-corrected chi connectivity index (χ3v) is 12.4. The zero-order valence-electron chi connectivity index (χ0n) is 28.3. The first-order valence-corrected chi connectivity index (χ1v) is 19.8. The number of aromatic nitrogens is 3. The maximum absolute atomic E-state index is 14.8. The van der Waals surface area contributed by atoms with Crippen molar-refractivity contribution in [3.63, 3.8) is 0 Å². The lowest BCUT2D eigenvalue weighted by molar-refractivity contribution is -0.145. The van der Waals surface area contributed by atoms with Gasteiger partial charge in [0.15, 0.2) is 13.9 Å². The summed E-state index contributed by atoms with van der Waals surface area (Å²) in [6.07, 6.45) is 11.0. The van der Waals surface area contributed by atoms with Gasteiger partial charge >= 0.3 is 0 Å². The molecule has 2 aromatic rings. The summed E-state index contributed by atoms with van der Waals surface area (Å²) in [6, 6.07) is 5.94. The van der Waals surface area contributed by atoms with Crippen molar-refractivity contribution in [3.8, 4) is 0 Å². The number of fused-ring (bicyclic) bond motifs is 2. The Morgan fingerprint density at radius 3 is 2.65 bits per heavy atom. The fourth-order valence-corrected chi connectivity index (χ4v) is 10.2. The third-order valence-electron chi connectivity index (χ3n) is 9.91. The van der Waals surface area contributed by atoms with Gasteiger partial charge in [-0.15, -0.1) is 5.10 Å². The molecule has 1 aromatic heterocycles. The Balaban J connectivity index is 1.52. The van der Waals surface area contributed by atoms with E-state index in [0.717, 1.165) is 42.6 Å². The van der Waals surface area contributed by atoms with Gasteiger partial charge in [-0.25, -0.2) is 0 Å². The normalized spacial score (nSPS) is 25.1. The Labute approximate surface area is 274 Å². The molecule has 10 nitrogen and oxygen atoms in total. The van der Waals surface area contributed by atoms with E-state index in [-0.39, 0.29) is 36.0 Å². The molecule has 5 rings (SSSR count). The second kappa shape index (κ2) is 13.9. The van der Waals surface area contributed by atoms with Crippen LogP contribution in [0.4, 0.5) is 11.4 Å². The number of nitrogens with zero attached hydrogens (tertiary/aromatic N) is 5. The highest BCUT2D eigenvalue weighted by molar-refractivity contribution is 6.71. The van der Waals surface area contributed by atoms with Crippen molar-refractivity contribution in [2.24, 2.45) is 5.92 Å². The molecule has 4 heterocycles. The third kappa shape index (κ3) is 6.79. The van der Waals surface area contributed by atoms with Gasteiger partial charge < -0.3 is 24.4 Å². The van der Waals surface area contributed by atoms with Gasteiger partial charge in [0.25, 0.3) is 5.91 Å². The molecule has 2 amide bonds. The Hall–Kier alpha value is -3.12. The Kier molecular flexibility index (Phi) is 10.4. The predicted molar refractivity (Wildman–Crippen MR) is 182 cm³/mol. The number of allylic oxidation sites excluding steroid dienone is 3. The lowest BCUT2D eigenvalue weighted by Crippen LogP contribution is -2.46. The van der Waals surface area contributed by atoms with E-state index in [1.165, 1.54) is 11.1 Å². The molecule has 1 spiro atoms. The standard InChI is InChI=1S/C35H51N5O5Si/c1-24(2)10-9-11-25(3)15-20-40-30-14-13-28(39-18-8-7-12-32(39)42)22-29(30)35(34(40)43)26(4)33(46(5,6)44)31(45-35)16-19-38-23-27(17-21-41)36-37-38/h10,13-15,22-23,26,31,33,41,44H,7-9,11-12,16-21H2,1-6H3/b25-15+/t26-,31+,33-,35+/m0/s1. The highest BCUT2D eigenvalue weighted by atomic mass is 28.4. The fraction of sp³-hybridized carbons (Fsp3) is 0.600. The topological polar surface area (TPSA) is 121 Å². The number of hydrogen-bond donors (Lipinski definition) is 2. The number of amides is 2. The lowest BCUT2D eigenvalue weighted by atomic mass is 9.82. The molecule has 3 aliphatic heterocycles. The highest BCUT2D eigenvalue weighted by Crippen LogP contribution is 2.60. The first kappa shape index (κ1) is 34.2. The van der Waals surface area contributed by atoms with E-state index in [4.69, 9.17) is 4.74 Å². The van der Waals surface area contributed by atoms with Gasteiger partial charge in [-0.2, -0.15) is 0 Å². The first-order valence-electron chi connectivity index (χ1n) is 16.8. The minimum absolute atomic E-state index is 0.00401. The summed E-state index contributed by atoms with van der Waals surface area (Å²) in [6.45, 7) is 13.8. The van der Waals surface area contributed by atoms with Crippen molar-refractivity contribution >= 4 is 31.5 Å². The average Bonchev–Trinajstić information content (AvgIpc) is 3.64. The van der Waals surface area contributed by atoms with Crippen LogP contribution in [0.2, 0.25) is 18.6 Å². The summed E-state index contributed by atoms with van der Waals surface area (Å²) >= 11 is 0. The van der Waals surface area contributed by atoms with Crippen LogP contribution in [0.5, 0.6) is 0 Å². The minimum Gasteiger partial charge on any atom is -0.432 e. The molecular formula is C35H51N5O5Si. The maximum Gasteiger partial charge on any atom is 0.264 e. The first-order chi connectivity index (χ1) is 21.9. The zero-order valence-corrected chi connectivity index (χ0v) is 29.3. The largest absolute Gasteiger partial charge is 0.432 e. The monoisotopic (exact) mass is 649 g/mol. The lowest BCUT2D eigenvalue weighted by Gasteiger charge is -2.33. The second-order valence-corrected chi connectivity index (χ2v) is 18.1. The predicted octanol–water partition coefficient (Wildman–Crippen LogP) is 5.26. The second-order valence-electron chi connectivity index (χ2n) is 14.1. The number of anilines is 2. The maximum atomic E-state index is 14.8. The number of rotatable bonds is 12. The molecular weight excluding hydrogens is 599 g/mol. The molecule has 1 aromatic carbocycles. The number of aryl methyl sites for hydroxylation is 1. The Morgan fingerprint density at radius 1 is 1.17 bits per heavy atom. The number of piperidine rings is 1. The van der Waals surface area contributed by atoms with Crippen molar-refractivity contribution in [1.29, 1.82) is 0 Å². The van der Waals surface area contributed by atoms with Crippen molar-refractivity contribution < 1.29 is 24.2 Å². The summed E-state index contributed by atoms with van der Waals surface area (Å²) in [5.41, 5.74) is 4.12. The van der Waals surface area contributed by atoms with E-state index in [9.17, 15) is 19.5 Å². The van der Waals surface area contributed by atoms with Crippen LogP contribution in [0.25, 0.3) is 0 Å². The van der Waals surface area contributed by atoms with Gasteiger partial charge in [-0.05, 0) is 84.2 Å².